The fourth-order valence-electron chi connectivity index (χ4n) is 6.31. The van der Waals surface area contributed by atoms with Crippen LogP contribution >= 0.6 is 0 Å². The number of benzene rings is 3. The smallest absolute Gasteiger partial charge is 0.439 e. The summed E-state index contributed by atoms with van der Waals surface area (Å²) < 4.78 is 2.20. The van der Waals surface area contributed by atoms with Crippen molar-refractivity contribution in [2.75, 3.05) is 0 Å². The van der Waals surface area contributed by atoms with Gasteiger partial charge in [-0.15, -0.1) is 18.2 Å². The number of hydrogen-bond acceptors (Lipinski definition) is 2. The molecule has 0 amide bonds. The molecule has 0 saturated carbocycles. The van der Waals surface area contributed by atoms with Crippen LogP contribution in [-0.4, -0.2) is 14.5 Å². The summed E-state index contributed by atoms with van der Waals surface area (Å²) in [6.45, 7) is 20.3. The van der Waals surface area contributed by atoms with Gasteiger partial charge in [-0.3, -0.25) is 9.97 Å². The van der Waals surface area contributed by atoms with Crippen molar-refractivity contribution in [1.82, 2.24) is 19.5 Å². The first kappa shape index (κ1) is 34.6. The molecule has 0 bridgehead atoms. The molecule has 49 heavy (non-hydrogen) atoms. The Labute approximate surface area is 305 Å². The zero-order valence-electron chi connectivity index (χ0n) is 29.9. The molecule has 7 aromatic rings. The average Bonchev–Trinajstić information content (AvgIpc) is 3.67. The topological polar surface area (TPSA) is 44.8 Å². The van der Waals surface area contributed by atoms with Crippen LogP contribution in [0.15, 0.2) is 103 Å². The van der Waals surface area contributed by atoms with Gasteiger partial charge < -0.3 is 9.55 Å². The summed E-state index contributed by atoms with van der Waals surface area (Å²) in [5.41, 5.74) is 11.6. The van der Waals surface area contributed by atoms with Crippen molar-refractivity contribution >= 4 is 21.9 Å². The van der Waals surface area contributed by atoms with Crippen molar-refractivity contribution in [2.24, 2.45) is 0 Å². The molecule has 0 saturated heterocycles. The summed E-state index contributed by atoms with van der Waals surface area (Å²) in [4.78, 5) is 15.2. The standard InChI is InChI=1S/C44H44N4.Pt/c1-42(2,3)32-25-29(26-33(27-32)43(4,5)6)28-22-30(36-15-12-13-21-45-36)24-31(23-28)37-18-17-35-34-14-10-11-16-38(34)48(41(35)46-37)40-20-19-39(47-40)44(7,8)9;/h10-23,25-27H,1-9H3;/q-2;+2. The van der Waals surface area contributed by atoms with Gasteiger partial charge in [0.2, 0.25) is 0 Å². The fraction of sp³-hybridized carbons (Fsp3) is 0.273. The summed E-state index contributed by atoms with van der Waals surface area (Å²) in [6.07, 6.45) is 1.84. The zero-order chi connectivity index (χ0) is 34.0. The van der Waals surface area contributed by atoms with E-state index < -0.39 is 0 Å². The van der Waals surface area contributed by atoms with E-state index in [9.17, 15) is 0 Å². The second-order valence-corrected chi connectivity index (χ2v) is 16.1. The second kappa shape index (κ2) is 12.6. The third-order valence-electron chi connectivity index (χ3n) is 9.23. The van der Waals surface area contributed by atoms with E-state index >= 15 is 0 Å². The first-order valence-electron chi connectivity index (χ1n) is 16.9. The summed E-state index contributed by atoms with van der Waals surface area (Å²) >= 11 is 0. The molecule has 0 N–H and O–H groups in total. The van der Waals surface area contributed by atoms with Crippen LogP contribution in [0.5, 0.6) is 0 Å². The van der Waals surface area contributed by atoms with E-state index in [1.165, 1.54) is 16.7 Å². The molecule has 0 atom stereocenters. The van der Waals surface area contributed by atoms with Crippen molar-refractivity contribution in [3.05, 3.63) is 126 Å². The van der Waals surface area contributed by atoms with Crippen LogP contribution in [0.2, 0.25) is 0 Å². The van der Waals surface area contributed by atoms with Crippen molar-refractivity contribution in [2.45, 2.75) is 78.6 Å². The summed E-state index contributed by atoms with van der Waals surface area (Å²) in [7, 11) is 0. The van der Waals surface area contributed by atoms with Crippen LogP contribution < -0.4 is 4.98 Å². The fourth-order valence-corrected chi connectivity index (χ4v) is 6.31. The molecule has 4 aromatic heterocycles. The zero-order valence-corrected chi connectivity index (χ0v) is 32.2. The molecule has 5 heteroatoms. The molecule has 0 aliphatic carbocycles. The van der Waals surface area contributed by atoms with Gasteiger partial charge in [-0.05, 0) is 49.9 Å². The third-order valence-corrected chi connectivity index (χ3v) is 9.23. The van der Waals surface area contributed by atoms with Crippen molar-refractivity contribution in [3.63, 3.8) is 0 Å². The van der Waals surface area contributed by atoms with Crippen LogP contribution in [-0.2, 0) is 37.3 Å². The van der Waals surface area contributed by atoms with E-state index in [4.69, 9.17) is 15.0 Å². The number of hydrogen-bond donors (Lipinski definition) is 0. The maximum atomic E-state index is 5.38. The van der Waals surface area contributed by atoms with Crippen LogP contribution in [0.4, 0.5) is 0 Å². The van der Waals surface area contributed by atoms with E-state index in [-0.39, 0.29) is 37.3 Å². The van der Waals surface area contributed by atoms with Crippen LogP contribution in [0.1, 0.15) is 79.1 Å². The van der Waals surface area contributed by atoms with Crippen molar-refractivity contribution in [1.29, 1.82) is 0 Å². The Morgan fingerprint density at radius 3 is 1.84 bits per heavy atom. The molecule has 4 nitrogen and oxygen atoms in total. The summed E-state index contributed by atoms with van der Waals surface area (Å²) in [6, 6.07) is 38.3. The number of para-hydroxylation sites is 1. The number of aromatic nitrogens is 4. The van der Waals surface area contributed by atoms with Crippen LogP contribution in [0.3, 0.4) is 0 Å². The van der Waals surface area contributed by atoms with Gasteiger partial charge in [-0.2, -0.15) is 0 Å². The minimum atomic E-state index is -0.0516. The normalized spacial score (nSPS) is 12.4. The summed E-state index contributed by atoms with van der Waals surface area (Å²) in [5.74, 6) is 0.886. The molecule has 3 aromatic carbocycles. The quantitative estimate of drug-likeness (QED) is 0.166. The Balaban J connectivity index is 0.00000417. The SMILES string of the molecule is CC(C)(C)c1cc(-c2cc(-c3ccccn3)[c-]c(-c3ccc4c5ccccc5n(-c5ccc(C(C)(C)C)[n-]5)c4n3)c2)cc(C(C)(C)C)c1.[Pt+2]. The first-order chi connectivity index (χ1) is 22.7. The van der Waals surface area contributed by atoms with E-state index in [1.807, 2.05) is 24.4 Å². The van der Waals surface area contributed by atoms with Gasteiger partial charge in [-0.25, -0.2) is 0 Å². The van der Waals surface area contributed by atoms with E-state index in [2.05, 4.69) is 152 Å². The minimum Gasteiger partial charge on any atom is -0.439 e. The van der Waals surface area contributed by atoms with Gasteiger partial charge in [0.15, 0.2) is 0 Å². The average molecular weight is 824 g/mol. The van der Waals surface area contributed by atoms with Gasteiger partial charge in [0, 0.05) is 23.0 Å². The largest absolute Gasteiger partial charge is 2.00 e. The molecule has 0 unspecified atom stereocenters. The van der Waals surface area contributed by atoms with Crippen molar-refractivity contribution in [3.8, 4) is 39.5 Å². The predicted molar refractivity (Wildman–Crippen MR) is 201 cm³/mol. The minimum absolute atomic E-state index is 0. The Bertz CT molecular complexity index is 2250. The molecule has 0 fully saturated rings. The number of nitrogens with zero attached hydrogens (tertiary/aromatic N) is 4. The Hall–Kier alpha value is -4.27. The molecule has 0 radical (unpaired) electrons. The van der Waals surface area contributed by atoms with Gasteiger partial charge in [0.05, 0.1) is 5.65 Å². The van der Waals surface area contributed by atoms with Gasteiger partial charge in [-0.1, -0.05) is 169 Å². The Kier molecular flexibility index (Phi) is 8.86. The molecule has 4 heterocycles. The van der Waals surface area contributed by atoms with Gasteiger partial charge >= 0.3 is 21.1 Å². The first-order valence-corrected chi connectivity index (χ1v) is 16.9. The van der Waals surface area contributed by atoms with E-state index in [0.717, 1.165) is 61.5 Å². The number of fused-ring (bicyclic) bond motifs is 3. The van der Waals surface area contributed by atoms with Crippen molar-refractivity contribution < 1.29 is 21.1 Å². The van der Waals surface area contributed by atoms with Crippen LogP contribution in [0.25, 0.3) is 61.4 Å². The molecule has 7 rings (SSSR count). The number of rotatable bonds is 4. The monoisotopic (exact) mass is 823 g/mol. The molecular formula is C44H44N4Pt. The molecule has 0 spiro atoms. The third kappa shape index (κ3) is 6.68. The molecular weight excluding hydrogens is 780 g/mol. The van der Waals surface area contributed by atoms with E-state index in [1.54, 1.807) is 0 Å². The molecule has 0 aliphatic heterocycles. The summed E-state index contributed by atoms with van der Waals surface area (Å²) in [5, 5.41) is 2.26. The predicted octanol–water partition coefficient (Wildman–Crippen LogP) is 11.2. The second-order valence-electron chi connectivity index (χ2n) is 16.1. The Morgan fingerprint density at radius 2 is 1.22 bits per heavy atom. The van der Waals surface area contributed by atoms with Gasteiger partial charge in [0.1, 0.15) is 0 Å². The molecule has 0 aliphatic rings. The number of pyridine rings is 2. The maximum Gasteiger partial charge on any atom is 2.00 e. The van der Waals surface area contributed by atoms with Crippen LogP contribution in [0, 0.1) is 6.07 Å². The maximum absolute atomic E-state index is 5.38. The van der Waals surface area contributed by atoms with E-state index in [0.29, 0.717) is 0 Å². The Morgan fingerprint density at radius 1 is 0.592 bits per heavy atom. The molecule has 250 valence electrons. The van der Waals surface area contributed by atoms with Gasteiger partial charge in [0.25, 0.3) is 0 Å².